The number of alkyl halides is 3. The number of anilines is 1. The zero-order valence-electron chi connectivity index (χ0n) is 23.1. The molecule has 0 aliphatic carbocycles. The van der Waals surface area contributed by atoms with Crippen LogP contribution in [0.2, 0.25) is 0 Å². The van der Waals surface area contributed by atoms with Crippen molar-refractivity contribution in [3.8, 4) is 28.7 Å². The quantitative estimate of drug-likeness (QED) is 0.219. The molecule has 12 heteroatoms. The first kappa shape index (κ1) is 30.1. The second kappa shape index (κ2) is 12.3. The van der Waals surface area contributed by atoms with Gasteiger partial charge >= 0.3 is 188 Å². The summed E-state index contributed by atoms with van der Waals surface area (Å²) in [5, 5.41) is 18.6. The molecule has 0 spiro atoms. The SMILES string of the molecule is CCCC(=O)N(Cc1ccc(-c2cbc(C(F)(F)F)nc2)cc1)c1cc(-c2nnc(C(C)(C)C#N)o2)ccc1PC. The standard InChI is InChI=1S/C29H28BF3N5O2P/c1-5-6-24(39)38(16-18-7-9-19(10-8-18)21-14-30-26(35-15-21)29(31,32)33)22-13-20(11-12-23(22)41-4)25-36-37-27(40-25)28(2,3)17-34/h7-15,41H,5-6,16H2,1-4H3. The molecule has 0 saturated heterocycles. The van der Waals surface area contributed by atoms with Crippen LogP contribution >= 0.6 is 8.58 Å². The molecule has 2 aromatic heterocycles. The average Bonchev–Trinajstić information content (AvgIpc) is 3.47. The second-order valence-electron chi connectivity index (χ2n) is 9.99. The molecule has 0 aliphatic rings. The third-order valence-electron chi connectivity index (χ3n) is 6.49. The molecule has 7 nitrogen and oxygen atoms in total. The minimum absolute atomic E-state index is 0.0444. The molecule has 0 fully saturated rings. The van der Waals surface area contributed by atoms with Crippen molar-refractivity contribution in [2.24, 2.45) is 0 Å². The maximum absolute atomic E-state index is 13.4. The van der Waals surface area contributed by atoms with Crippen molar-refractivity contribution in [3.05, 3.63) is 71.7 Å². The van der Waals surface area contributed by atoms with Gasteiger partial charge in [0, 0.05) is 0 Å². The van der Waals surface area contributed by atoms with Gasteiger partial charge in [-0.15, -0.1) is 10.2 Å². The molecule has 2 aromatic carbocycles. The summed E-state index contributed by atoms with van der Waals surface area (Å²) in [6, 6.07) is 15.1. The van der Waals surface area contributed by atoms with Crippen LogP contribution in [0.15, 0.2) is 59.0 Å². The molecular formula is C29H28BF3N5O2P. The van der Waals surface area contributed by atoms with E-state index in [-0.39, 0.29) is 17.7 Å². The normalized spacial score (nSPS) is 12.0. The van der Waals surface area contributed by atoms with E-state index in [1.165, 1.54) is 12.2 Å². The molecule has 0 saturated carbocycles. The number of carbonyl (C=O) groups excluding carboxylic acids is 1. The van der Waals surface area contributed by atoms with Gasteiger partial charge in [-0.3, -0.25) is 0 Å². The number of hydrogen-bond acceptors (Lipinski definition) is 6. The van der Waals surface area contributed by atoms with E-state index < -0.39 is 17.2 Å². The van der Waals surface area contributed by atoms with Gasteiger partial charge in [0.1, 0.15) is 5.41 Å². The average molecular weight is 577 g/mol. The van der Waals surface area contributed by atoms with Crippen molar-refractivity contribution in [2.75, 3.05) is 11.6 Å². The van der Waals surface area contributed by atoms with Gasteiger partial charge in [-0.25, -0.2) is 0 Å². The first-order chi connectivity index (χ1) is 19.5. The van der Waals surface area contributed by atoms with Gasteiger partial charge in [0.25, 0.3) is 0 Å². The zero-order valence-corrected chi connectivity index (χ0v) is 24.1. The fourth-order valence-electron chi connectivity index (χ4n) is 4.11. The van der Waals surface area contributed by atoms with Crippen LogP contribution in [0.1, 0.15) is 50.7 Å². The summed E-state index contributed by atoms with van der Waals surface area (Å²) in [5.41, 5.74) is 1.61. The topological polar surface area (TPSA) is 95.9 Å². The molecule has 0 aliphatic heterocycles. The Kier molecular flexibility index (Phi) is 9.03. The van der Waals surface area contributed by atoms with Crippen LogP contribution in [0, 0.1) is 11.3 Å². The first-order valence-electron chi connectivity index (χ1n) is 13.0. The Balaban J connectivity index is 1.65. The number of hydrogen-bond donors (Lipinski definition) is 0. The molecule has 1 unspecified atom stereocenters. The van der Waals surface area contributed by atoms with Gasteiger partial charge in [0.15, 0.2) is 0 Å². The predicted molar refractivity (Wildman–Crippen MR) is 154 cm³/mol. The molecule has 4 aromatic rings. The Morgan fingerprint density at radius 2 is 1.80 bits per heavy atom. The minimum atomic E-state index is -4.49. The number of nitrogens with zero attached hydrogens (tertiary/aromatic N) is 5. The molecule has 1 amide bonds. The summed E-state index contributed by atoms with van der Waals surface area (Å²) < 4.78 is 44.5. The van der Waals surface area contributed by atoms with Crippen LogP contribution in [0.25, 0.3) is 22.6 Å². The summed E-state index contributed by atoms with van der Waals surface area (Å²) in [6.45, 7) is 8.62. The van der Waals surface area contributed by atoms with E-state index >= 15 is 0 Å². The fraction of sp³-hybridized carbons (Fsp3) is 0.310. The summed E-state index contributed by atoms with van der Waals surface area (Å²) >= 11 is 0. The van der Waals surface area contributed by atoms with E-state index in [4.69, 9.17) is 4.42 Å². The van der Waals surface area contributed by atoms with Crippen LogP contribution in [0.5, 0.6) is 0 Å². The first-order valence-corrected chi connectivity index (χ1v) is 14.5. The molecule has 1 atom stereocenters. The number of rotatable bonds is 9. The molecule has 2 heterocycles. The van der Waals surface area contributed by atoms with Gasteiger partial charge in [-0.2, -0.15) is 5.26 Å². The van der Waals surface area contributed by atoms with E-state index in [9.17, 15) is 23.2 Å². The van der Waals surface area contributed by atoms with Gasteiger partial charge in [-0.05, 0) is 13.8 Å². The number of benzene rings is 2. The van der Waals surface area contributed by atoms with Crippen LogP contribution in [-0.4, -0.2) is 34.7 Å². The van der Waals surface area contributed by atoms with E-state index in [0.29, 0.717) is 44.7 Å². The summed E-state index contributed by atoms with van der Waals surface area (Å²) in [5.74, 6) is 1.81. The van der Waals surface area contributed by atoms with Crippen LogP contribution in [-0.2, 0) is 22.9 Å². The van der Waals surface area contributed by atoms with Crippen molar-refractivity contribution < 1.29 is 22.4 Å². The molecule has 0 radical (unpaired) electrons. The zero-order chi connectivity index (χ0) is 29.8. The van der Waals surface area contributed by atoms with Crippen LogP contribution in [0.4, 0.5) is 18.9 Å². The van der Waals surface area contributed by atoms with Gasteiger partial charge in [0.05, 0.1) is 6.07 Å². The Hall–Kier alpha value is -3.90. The summed E-state index contributed by atoms with van der Waals surface area (Å²) in [7, 11) is 0.410. The number of halogens is 3. The molecule has 0 bridgehead atoms. The second-order valence-corrected chi connectivity index (χ2v) is 11.0. The monoisotopic (exact) mass is 577 g/mol. The van der Waals surface area contributed by atoms with E-state index in [1.54, 1.807) is 30.9 Å². The van der Waals surface area contributed by atoms with Gasteiger partial charge in [0.2, 0.25) is 5.89 Å². The maximum atomic E-state index is 13.4. The van der Waals surface area contributed by atoms with Gasteiger partial charge < -0.3 is 4.42 Å². The third kappa shape index (κ3) is 6.88. The summed E-state index contributed by atoms with van der Waals surface area (Å²) in [6.07, 6.45) is -2.26. The Labute approximate surface area is 238 Å². The Morgan fingerprint density at radius 1 is 1.10 bits per heavy atom. The van der Waals surface area contributed by atoms with Crippen LogP contribution in [0.3, 0.4) is 0 Å². The number of nitriles is 1. The van der Waals surface area contributed by atoms with Gasteiger partial charge in [-0.1, -0.05) is 0 Å². The Bertz CT molecular complexity index is 1570. The van der Waals surface area contributed by atoms with Crippen molar-refractivity contribution in [2.45, 2.75) is 51.7 Å². The number of amides is 1. The third-order valence-corrected chi connectivity index (χ3v) is 7.45. The molecule has 4 rings (SSSR count). The molecular weight excluding hydrogens is 549 g/mol. The van der Waals surface area contributed by atoms with Crippen molar-refractivity contribution in [3.63, 3.8) is 0 Å². The predicted octanol–water partition coefficient (Wildman–Crippen LogP) is 6.22. The van der Waals surface area contributed by atoms with Crippen molar-refractivity contribution >= 4 is 32.4 Å². The molecule has 41 heavy (non-hydrogen) atoms. The fourth-order valence-corrected chi connectivity index (χ4v) is 4.83. The van der Waals surface area contributed by atoms with E-state index in [0.717, 1.165) is 23.5 Å². The van der Waals surface area contributed by atoms with Crippen molar-refractivity contribution in [1.82, 2.24) is 15.2 Å². The number of carbonyl (C=O) groups is 1. The van der Waals surface area contributed by atoms with Crippen LogP contribution < -0.4 is 10.2 Å². The number of aromatic nitrogens is 3. The Morgan fingerprint density at radius 3 is 2.39 bits per heavy atom. The van der Waals surface area contributed by atoms with E-state index in [1.807, 2.05) is 43.9 Å². The van der Waals surface area contributed by atoms with E-state index in [2.05, 4.69) is 21.3 Å². The molecule has 210 valence electrons. The molecule has 0 N–H and O–H groups in total. The van der Waals surface area contributed by atoms with Crippen molar-refractivity contribution in [1.29, 1.82) is 5.26 Å². The summed E-state index contributed by atoms with van der Waals surface area (Å²) in [4.78, 5) is 18.7.